The van der Waals surface area contributed by atoms with Gasteiger partial charge >= 0.3 is 0 Å². The summed E-state index contributed by atoms with van der Waals surface area (Å²) in [7, 11) is 3.52. The number of rotatable bonds is 5. The lowest BCUT2D eigenvalue weighted by Gasteiger charge is -2.33. The van der Waals surface area contributed by atoms with E-state index in [4.69, 9.17) is 4.74 Å². The Bertz CT molecular complexity index is 785. The van der Waals surface area contributed by atoms with Crippen LogP contribution in [0.1, 0.15) is 30.1 Å². The average molecular weight is 342 g/mol. The Morgan fingerprint density at radius 2 is 2.20 bits per heavy atom. The van der Waals surface area contributed by atoms with Crippen molar-refractivity contribution < 1.29 is 9.53 Å². The van der Waals surface area contributed by atoms with Gasteiger partial charge in [0.15, 0.2) is 0 Å². The van der Waals surface area contributed by atoms with Crippen molar-refractivity contribution in [3.05, 3.63) is 30.1 Å². The van der Waals surface area contributed by atoms with E-state index >= 15 is 0 Å². The number of methoxy groups -OCH3 is 1. The molecule has 3 heterocycles. The van der Waals surface area contributed by atoms with E-state index < -0.39 is 0 Å². The zero-order chi connectivity index (χ0) is 17.4. The van der Waals surface area contributed by atoms with Crippen LogP contribution in [-0.2, 0) is 18.4 Å². The number of aromatic nitrogens is 4. The molecule has 0 bridgehead atoms. The second-order valence-electron chi connectivity index (χ2n) is 6.73. The molecule has 1 N–H and O–H groups in total. The third-order valence-corrected chi connectivity index (χ3v) is 4.88. The van der Waals surface area contributed by atoms with Gasteiger partial charge in [0.1, 0.15) is 12.1 Å². The van der Waals surface area contributed by atoms with Crippen molar-refractivity contribution in [3.63, 3.8) is 0 Å². The Kier molecular flexibility index (Phi) is 4.03. The Morgan fingerprint density at radius 1 is 1.36 bits per heavy atom. The van der Waals surface area contributed by atoms with E-state index in [-0.39, 0.29) is 11.8 Å². The topological polar surface area (TPSA) is 85.2 Å². The fourth-order valence-electron chi connectivity index (χ4n) is 3.30. The predicted octanol–water partition coefficient (Wildman–Crippen LogP) is 0.849. The number of ether oxygens (including phenoxy) is 1. The van der Waals surface area contributed by atoms with Crippen LogP contribution in [0.5, 0.6) is 5.88 Å². The second kappa shape index (κ2) is 6.34. The lowest BCUT2D eigenvalue weighted by molar-refractivity contribution is -0.122. The standard InChI is InChI=1S/C17H22N6O2/c1-22-10-21-13-8-23(14-5-15(25-2)20-9-19-14)7-12(16(13)22)17(24)18-6-11-3-4-11/h5,9-12H,3-4,6-8H2,1-2H3,(H,18,24)/t12-/m0/s1. The minimum Gasteiger partial charge on any atom is -0.481 e. The van der Waals surface area contributed by atoms with E-state index in [0.717, 1.165) is 23.8 Å². The van der Waals surface area contributed by atoms with Gasteiger partial charge in [-0.15, -0.1) is 0 Å². The van der Waals surface area contributed by atoms with Gasteiger partial charge in [-0.25, -0.2) is 15.0 Å². The maximum atomic E-state index is 12.8. The summed E-state index contributed by atoms with van der Waals surface area (Å²) in [6.07, 6.45) is 5.68. The summed E-state index contributed by atoms with van der Waals surface area (Å²) in [5.74, 6) is 1.69. The summed E-state index contributed by atoms with van der Waals surface area (Å²) in [6.45, 7) is 1.94. The summed E-state index contributed by atoms with van der Waals surface area (Å²) < 4.78 is 7.14. The second-order valence-corrected chi connectivity index (χ2v) is 6.73. The van der Waals surface area contributed by atoms with Crippen LogP contribution < -0.4 is 15.0 Å². The largest absolute Gasteiger partial charge is 0.481 e. The number of nitrogens with one attached hydrogen (secondary N) is 1. The molecule has 1 aliphatic heterocycles. The monoisotopic (exact) mass is 342 g/mol. The number of amides is 1. The van der Waals surface area contributed by atoms with Crippen LogP contribution in [0.15, 0.2) is 18.7 Å². The average Bonchev–Trinajstić information content (AvgIpc) is 3.41. The highest BCUT2D eigenvalue weighted by atomic mass is 16.5. The quantitative estimate of drug-likeness (QED) is 0.867. The number of anilines is 1. The molecule has 0 saturated heterocycles. The Hall–Kier alpha value is -2.64. The van der Waals surface area contributed by atoms with Gasteiger partial charge in [0.05, 0.1) is 37.3 Å². The molecule has 8 heteroatoms. The van der Waals surface area contributed by atoms with Gasteiger partial charge in [0.2, 0.25) is 11.8 Å². The molecule has 1 saturated carbocycles. The van der Waals surface area contributed by atoms with Crippen LogP contribution in [-0.4, -0.2) is 45.6 Å². The molecule has 2 aromatic rings. The molecule has 1 aliphatic carbocycles. The van der Waals surface area contributed by atoms with E-state index in [1.165, 1.54) is 19.2 Å². The molecule has 8 nitrogen and oxygen atoms in total. The first-order valence-corrected chi connectivity index (χ1v) is 8.54. The summed E-state index contributed by atoms with van der Waals surface area (Å²) in [5.41, 5.74) is 1.91. The van der Waals surface area contributed by atoms with Gasteiger partial charge in [-0.3, -0.25) is 4.79 Å². The lowest BCUT2D eigenvalue weighted by Crippen LogP contribution is -2.43. The lowest BCUT2D eigenvalue weighted by atomic mass is 9.97. The van der Waals surface area contributed by atoms with Gasteiger partial charge < -0.3 is 19.5 Å². The van der Waals surface area contributed by atoms with Gasteiger partial charge in [-0.2, -0.15) is 0 Å². The van der Waals surface area contributed by atoms with Crippen molar-refractivity contribution in [1.82, 2.24) is 24.8 Å². The molecular weight excluding hydrogens is 320 g/mol. The van der Waals surface area contributed by atoms with Crippen molar-refractivity contribution in [2.75, 3.05) is 25.1 Å². The zero-order valence-corrected chi connectivity index (χ0v) is 14.5. The van der Waals surface area contributed by atoms with Crippen LogP contribution in [0.4, 0.5) is 5.82 Å². The smallest absolute Gasteiger partial charge is 0.230 e. The molecular formula is C17H22N6O2. The van der Waals surface area contributed by atoms with Crippen LogP contribution in [0.3, 0.4) is 0 Å². The van der Waals surface area contributed by atoms with Crippen LogP contribution in [0, 0.1) is 5.92 Å². The summed E-state index contributed by atoms with van der Waals surface area (Å²) in [6, 6.07) is 1.78. The molecule has 1 atom stereocenters. The maximum absolute atomic E-state index is 12.8. The molecule has 0 radical (unpaired) electrons. The Labute approximate surface area is 146 Å². The summed E-state index contributed by atoms with van der Waals surface area (Å²) >= 11 is 0. The first kappa shape index (κ1) is 15.9. The SMILES string of the molecule is COc1cc(N2Cc3ncn(C)c3[C@@H](C(=O)NCC3CC3)C2)ncn1. The number of carbonyl (C=O) groups is 1. The van der Waals surface area contributed by atoms with Crippen molar-refractivity contribution in [3.8, 4) is 5.88 Å². The van der Waals surface area contributed by atoms with Gasteiger partial charge in [-0.1, -0.05) is 0 Å². The van der Waals surface area contributed by atoms with Gasteiger partial charge in [0, 0.05) is 26.2 Å². The third-order valence-electron chi connectivity index (χ3n) is 4.88. The first-order valence-electron chi connectivity index (χ1n) is 8.54. The number of nitrogens with zero attached hydrogens (tertiary/aromatic N) is 5. The summed E-state index contributed by atoms with van der Waals surface area (Å²) in [5, 5.41) is 3.10. The van der Waals surface area contributed by atoms with Crippen molar-refractivity contribution >= 4 is 11.7 Å². The minimum atomic E-state index is -0.268. The van der Waals surface area contributed by atoms with Crippen LogP contribution in [0.25, 0.3) is 0 Å². The molecule has 2 aliphatic rings. The molecule has 0 spiro atoms. The van der Waals surface area contributed by atoms with E-state index in [9.17, 15) is 4.79 Å². The van der Waals surface area contributed by atoms with Crippen LogP contribution >= 0.6 is 0 Å². The highest BCUT2D eigenvalue weighted by molar-refractivity contribution is 5.84. The van der Waals surface area contributed by atoms with E-state index in [1.807, 2.05) is 11.6 Å². The fraction of sp³-hybridized carbons (Fsp3) is 0.529. The van der Waals surface area contributed by atoms with Crippen molar-refractivity contribution in [2.24, 2.45) is 13.0 Å². The minimum absolute atomic E-state index is 0.0578. The number of hydrogen-bond donors (Lipinski definition) is 1. The van der Waals surface area contributed by atoms with Crippen molar-refractivity contribution in [1.29, 1.82) is 0 Å². The Morgan fingerprint density at radius 3 is 2.96 bits per heavy atom. The highest BCUT2D eigenvalue weighted by Gasteiger charge is 2.35. The zero-order valence-electron chi connectivity index (χ0n) is 14.5. The fourth-order valence-corrected chi connectivity index (χ4v) is 3.30. The number of fused-ring (bicyclic) bond motifs is 1. The molecule has 1 fully saturated rings. The first-order chi connectivity index (χ1) is 12.2. The molecule has 132 valence electrons. The number of carbonyl (C=O) groups excluding carboxylic acids is 1. The van der Waals surface area contributed by atoms with Crippen molar-refractivity contribution in [2.45, 2.75) is 25.3 Å². The molecule has 0 aromatic carbocycles. The maximum Gasteiger partial charge on any atom is 0.230 e. The van der Waals surface area contributed by atoms with E-state index in [1.54, 1.807) is 19.5 Å². The van der Waals surface area contributed by atoms with Crippen LogP contribution in [0.2, 0.25) is 0 Å². The molecule has 25 heavy (non-hydrogen) atoms. The van der Waals surface area contributed by atoms with E-state index in [0.29, 0.717) is 24.9 Å². The van der Waals surface area contributed by atoms with Gasteiger partial charge in [-0.05, 0) is 18.8 Å². The highest BCUT2D eigenvalue weighted by Crippen LogP contribution is 2.32. The Balaban J connectivity index is 1.60. The van der Waals surface area contributed by atoms with E-state index in [2.05, 4.69) is 25.2 Å². The number of hydrogen-bond acceptors (Lipinski definition) is 6. The van der Waals surface area contributed by atoms with Gasteiger partial charge in [0.25, 0.3) is 0 Å². The molecule has 1 amide bonds. The predicted molar refractivity (Wildman–Crippen MR) is 91.3 cm³/mol. The number of imidazole rings is 1. The normalized spacial score (nSPS) is 19.4. The molecule has 2 aromatic heterocycles. The summed E-state index contributed by atoms with van der Waals surface area (Å²) in [4.78, 5) is 27.7. The number of aryl methyl sites for hydroxylation is 1. The third kappa shape index (κ3) is 3.16. The molecule has 4 rings (SSSR count). The molecule has 0 unspecified atom stereocenters.